The van der Waals surface area contributed by atoms with Gasteiger partial charge in [0.15, 0.2) is 0 Å². The maximum Gasteiger partial charge on any atom is 0.219 e. The molecule has 0 bridgehead atoms. The van der Waals surface area contributed by atoms with Crippen molar-refractivity contribution in [1.82, 2.24) is 14.7 Å². The normalized spacial score (nSPS) is 14.8. The summed E-state index contributed by atoms with van der Waals surface area (Å²) >= 11 is 2.15. The molecule has 2 heterocycles. The molecule has 0 N–H and O–H groups in total. The van der Waals surface area contributed by atoms with Crippen LogP contribution in [0.1, 0.15) is 52.1 Å². The highest BCUT2D eigenvalue weighted by molar-refractivity contribution is 14.1. The molecule has 1 aliphatic rings. The van der Waals surface area contributed by atoms with Gasteiger partial charge in [0.2, 0.25) is 5.91 Å². The predicted octanol–water partition coefficient (Wildman–Crippen LogP) is 3.71. The average Bonchev–Trinajstić information content (AvgIpc) is 3.00. The van der Waals surface area contributed by atoms with Gasteiger partial charge in [0.05, 0.1) is 12.2 Å². The Kier molecular flexibility index (Phi) is 10.8. The number of nitrogens with zero attached hydrogens (tertiary/aromatic N) is 3. The molecule has 0 saturated carbocycles. The highest BCUT2D eigenvalue weighted by Crippen LogP contribution is 2.22. The van der Waals surface area contributed by atoms with Crippen LogP contribution in [0.25, 0.3) is 0 Å². The summed E-state index contributed by atoms with van der Waals surface area (Å²) in [5, 5.41) is 4.39. The molecule has 1 aromatic rings. The van der Waals surface area contributed by atoms with Crippen LogP contribution in [0.15, 0.2) is 12.4 Å². The molecule has 0 spiro atoms. The fourth-order valence-corrected chi connectivity index (χ4v) is 2.20. The van der Waals surface area contributed by atoms with Crippen molar-refractivity contribution in [3.05, 3.63) is 18.0 Å². The number of aryl methyl sites for hydroxylation is 1. The minimum absolute atomic E-state index is 0.188. The van der Waals surface area contributed by atoms with E-state index in [2.05, 4.69) is 45.5 Å². The lowest BCUT2D eigenvalue weighted by Crippen LogP contribution is -2.37. The number of alkyl halides is 1. The second-order valence-electron chi connectivity index (χ2n) is 4.42. The quantitative estimate of drug-likeness (QED) is 0.568. The summed E-state index contributed by atoms with van der Waals surface area (Å²) in [6.07, 6.45) is 7.15. The lowest BCUT2D eigenvalue weighted by molar-refractivity contribution is -0.130. The minimum atomic E-state index is 0.188. The summed E-state index contributed by atoms with van der Waals surface area (Å²) in [6.45, 7) is 9.51. The summed E-state index contributed by atoms with van der Waals surface area (Å²) < 4.78 is 2.07. The Morgan fingerprint density at radius 2 is 1.90 bits per heavy atom. The van der Waals surface area contributed by atoms with Crippen LogP contribution in [-0.4, -0.2) is 38.6 Å². The largest absolute Gasteiger partial charge is 0.343 e. The van der Waals surface area contributed by atoms with Crippen LogP contribution < -0.4 is 0 Å². The van der Waals surface area contributed by atoms with E-state index in [1.165, 1.54) is 5.56 Å². The highest BCUT2D eigenvalue weighted by atomic mass is 127. The smallest absolute Gasteiger partial charge is 0.219 e. The second kappa shape index (κ2) is 11.1. The second-order valence-corrected chi connectivity index (χ2v) is 4.42. The minimum Gasteiger partial charge on any atom is -0.343 e. The Labute approximate surface area is 137 Å². The van der Waals surface area contributed by atoms with Gasteiger partial charge in [0.1, 0.15) is 0 Å². The lowest BCUT2D eigenvalue weighted by Gasteiger charge is -2.31. The van der Waals surface area contributed by atoms with E-state index >= 15 is 0 Å². The lowest BCUT2D eigenvalue weighted by atomic mass is 10.1. The predicted molar refractivity (Wildman–Crippen MR) is 93.4 cm³/mol. The van der Waals surface area contributed by atoms with E-state index in [4.69, 9.17) is 0 Å². The van der Waals surface area contributed by atoms with Crippen LogP contribution in [0.5, 0.6) is 0 Å². The van der Waals surface area contributed by atoms with Crippen molar-refractivity contribution in [3.63, 3.8) is 0 Å². The van der Waals surface area contributed by atoms with Crippen molar-refractivity contribution in [1.29, 1.82) is 0 Å². The zero-order chi connectivity index (χ0) is 15.5. The zero-order valence-corrected chi connectivity index (χ0v) is 15.6. The molecule has 116 valence electrons. The molecule has 0 unspecified atom stereocenters. The molecule has 20 heavy (non-hydrogen) atoms. The molecule has 1 saturated heterocycles. The number of hydrogen-bond acceptors (Lipinski definition) is 2. The van der Waals surface area contributed by atoms with Gasteiger partial charge in [0.25, 0.3) is 0 Å². The summed E-state index contributed by atoms with van der Waals surface area (Å²) in [7, 11) is 0. The SMILES string of the molecule is CC.CCc1cnn(C2CCN(C(C)=O)CC2)c1.CI. The standard InChI is InChI=1S/C12H19N3O.C2H6.CH3I/c1-3-11-8-13-15(9-11)12-4-6-14(7-5-12)10(2)16;2*1-2/h8-9,12H,3-7H2,1-2H3;1-2H3;1H3. The van der Waals surface area contributed by atoms with Gasteiger partial charge in [0, 0.05) is 26.2 Å². The Bertz CT molecular complexity index is 371. The van der Waals surface area contributed by atoms with Crippen molar-refractivity contribution < 1.29 is 4.79 Å². The van der Waals surface area contributed by atoms with Crippen LogP contribution in [0, 0.1) is 0 Å². The van der Waals surface area contributed by atoms with E-state index in [0.717, 1.165) is 32.4 Å². The van der Waals surface area contributed by atoms with Gasteiger partial charge in [-0.3, -0.25) is 9.48 Å². The number of carbonyl (C=O) groups is 1. The third-order valence-electron chi connectivity index (χ3n) is 3.35. The Morgan fingerprint density at radius 3 is 2.30 bits per heavy atom. The van der Waals surface area contributed by atoms with E-state index in [1.54, 1.807) is 6.92 Å². The molecule has 0 atom stereocenters. The number of hydrogen-bond donors (Lipinski definition) is 0. The first-order valence-electron chi connectivity index (χ1n) is 7.37. The summed E-state index contributed by atoms with van der Waals surface area (Å²) in [4.78, 5) is 15.1. The molecule has 0 radical (unpaired) electrons. The number of piperidine rings is 1. The first-order valence-corrected chi connectivity index (χ1v) is 9.52. The summed E-state index contributed by atoms with van der Waals surface area (Å²) in [5.41, 5.74) is 1.29. The summed E-state index contributed by atoms with van der Waals surface area (Å²) in [6, 6.07) is 0.468. The number of carbonyl (C=O) groups excluding carboxylic acids is 1. The van der Waals surface area contributed by atoms with Gasteiger partial charge in [-0.25, -0.2) is 0 Å². The Morgan fingerprint density at radius 1 is 1.35 bits per heavy atom. The van der Waals surface area contributed by atoms with Gasteiger partial charge in [-0.2, -0.15) is 5.10 Å². The highest BCUT2D eigenvalue weighted by Gasteiger charge is 2.22. The molecule has 0 aromatic carbocycles. The van der Waals surface area contributed by atoms with E-state index < -0.39 is 0 Å². The van der Waals surface area contributed by atoms with Crippen LogP contribution in [0.4, 0.5) is 0 Å². The fraction of sp³-hybridized carbons (Fsp3) is 0.733. The van der Waals surface area contributed by atoms with Gasteiger partial charge in [-0.15, -0.1) is 0 Å². The molecule has 1 aromatic heterocycles. The molecule has 1 amide bonds. The van der Waals surface area contributed by atoms with Gasteiger partial charge >= 0.3 is 0 Å². The Balaban J connectivity index is 0.000000829. The maximum atomic E-state index is 11.2. The molecule has 5 heteroatoms. The first kappa shape index (κ1) is 19.4. The maximum absolute atomic E-state index is 11.2. The monoisotopic (exact) mass is 393 g/mol. The van der Waals surface area contributed by atoms with E-state index in [-0.39, 0.29) is 5.91 Å². The third-order valence-corrected chi connectivity index (χ3v) is 3.35. The van der Waals surface area contributed by atoms with E-state index in [1.807, 2.05) is 29.9 Å². The number of halogens is 1. The van der Waals surface area contributed by atoms with Crippen molar-refractivity contribution in [3.8, 4) is 0 Å². The van der Waals surface area contributed by atoms with Crippen LogP contribution >= 0.6 is 22.6 Å². The number of aromatic nitrogens is 2. The molecule has 4 nitrogen and oxygen atoms in total. The van der Waals surface area contributed by atoms with Gasteiger partial charge in [-0.05, 0) is 29.8 Å². The van der Waals surface area contributed by atoms with E-state index in [0.29, 0.717) is 6.04 Å². The topological polar surface area (TPSA) is 38.1 Å². The molecular weight excluding hydrogens is 365 g/mol. The number of rotatable bonds is 2. The van der Waals surface area contributed by atoms with Crippen LogP contribution in [-0.2, 0) is 11.2 Å². The zero-order valence-electron chi connectivity index (χ0n) is 13.4. The number of amides is 1. The molecular formula is C15H28IN3O. The van der Waals surface area contributed by atoms with E-state index in [9.17, 15) is 4.79 Å². The van der Waals surface area contributed by atoms with Gasteiger partial charge < -0.3 is 4.90 Å². The Hall–Kier alpha value is -0.590. The van der Waals surface area contributed by atoms with Crippen molar-refractivity contribution >= 4 is 28.5 Å². The first-order chi connectivity index (χ1) is 9.70. The molecule has 1 aliphatic heterocycles. The van der Waals surface area contributed by atoms with Gasteiger partial charge in [-0.1, -0.05) is 43.4 Å². The summed E-state index contributed by atoms with van der Waals surface area (Å²) in [5.74, 6) is 0.188. The van der Waals surface area contributed by atoms with Crippen molar-refractivity contribution in [2.24, 2.45) is 0 Å². The van der Waals surface area contributed by atoms with Crippen molar-refractivity contribution in [2.45, 2.75) is 53.0 Å². The van der Waals surface area contributed by atoms with Crippen LogP contribution in [0.2, 0.25) is 0 Å². The number of likely N-dealkylation sites (tertiary alicyclic amines) is 1. The molecule has 2 rings (SSSR count). The fourth-order valence-electron chi connectivity index (χ4n) is 2.20. The molecule has 0 aliphatic carbocycles. The average molecular weight is 393 g/mol. The van der Waals surface area contributed by atoms with Crippen LogP contribution in [0.3, 0.4) is 0 Å². The molecule has 1 fully saturated rings. The third kappa shape index (κ3) is 5.81. The van der Waals surface area contributed by atoms with Crippen molar-refractivity contribution in [2.75, 3.05) is 18.0 Å².